The monoisotopic (exact) mass is 262 g/mol. The molecule has 1 aliphatic heterocycles. The number of ether oxygens (including phenoxy) is 1. The topological polar surface area (TPSA) is 30.7 Å². The fraction of sp³-hybridized carbons (Fsp3) is 0.700. The molecular weight excluding hydrogens is 246 g/mol. The van der Waals surface area contributed by atoms with E-state index >= 15 is 0 Å². The Hall–Kier alpha value is -0.350. The highest BCUT2D eigenvalue weighted by Crippen LogP contribution is 2.02. The summed E-state index contributed by atoms with van der Waals surface area (Å²) in [7, 11) is 0. The Bertz CT molecular complexity index is 212. The maximum absolute atomic E-state index is 11.0. The smallest absolute Gasteiger partial charge is 0.344 e. The van der Waals surface area contributed by atoms with Crippen LogP contribution in [0.1, 0.15) is 19.3 Å². The third-order valence-electron chi connectivity index (χ3n) is 2.47. The van der Waals surface area contributed by atoms with Crippen LogP contribution in [0.15, 0.2) is 11.1 Å². The van der Waals surface area contributed by atoms with E-state index in [-0.39, 0.29) is 5.97 Å². The maximum atomic E-state index is 11.0. The molecule has 80 valence electrons. The summed E-state index contributed by atoms with van der Waals surface area (Å²) in [5, 5.41) is 0. The summed E-state index contributed by atoms with van der Waals surface area (Å²) in [6, 6.07) is 0. The van der Waals surface area contributed by atoms with Crippen molar-refractivity contribution >= 4 is 21.9 Å². The molecule has 1 fully saturated rings. The van der Waals surface area contributed by atoms with Crippen LogP contribution in [0.4, 0.5) is 0 Å². The Morgan fingerprint density at radius 1 is 1.36 bits per heavy atom. The second-order valence-electron chi connectivity index (χ2n) is 3.60. The molecule has 0 amide bonds. The van der Waals surface area contributed by atoms with E-state index in [2.05, 4.69) is 22.5 Å². The molecule has 0 radical (unpaired) electrons. The summed E-state index contributed by atoms with van der Waals surface area (Å²) in [6.07, 6.45) is 3.95. The standard InChI is InChI=1S/C10H16BrNO2/c1-9(11)10(13)14-8-7-12-5-3-2-4-6-12/h1-8H2/p+1. The van der Waals surface area contributed by atoms with Crippen molar-refractivity contribution in [3.05, 3.63) is 11.1 Å². The van der Waals surface area contributed by atoms with E-state index in [1.165, 1.54) is 32.4 Å². The minimum Gasteiger partial charge on any atom is -0.456 e. The van der Waals surface area contributed by atoms with Gasteiger partial charge in [-0.3, -0.25) is 0 Å². The quantitative estimate of drug-likeness (QED) is 0.591. The van der Waals surface area contributed by atoms with Crippen LogP contribution in [0.25, 0.3) is 0 Å². The Labute approximate surface area is 93.2 Å². The van der Waals surface area contributed by atoms with Crippen LogP contribution < -0.4 is 4.90 Å². The zero-order valence-corrected chi connectivity index (χ0v) is 9.94. The van der Waals surface area contributed by atoms with Crippen LogP contribution in [0.5, 0.6) is 0 Å². The molecule has 0 aromatic heterocycles. The van der Waals surface area contributed by atoms with Crippen molar-refractivity contribution in [3.8, 4) is 0 Å². The first-order valence-corrected chi connectivity index (χ1v) is 5.84. The molecule has 1 aliphatic rings. The van der Waals surface area contributed by atoms with E-state index in [0.29, 0.717) is 11.1 Å². The number of halogens is 1. The molecule has 0 aromatic rings. The molecule has 0 spiro atoms. The number of esters is 1. The normalized spacial score (nSPS) is 17.8. The molecule has 1 heterocycles. The number of likely N-dealkylation sites (tertiary alicyclic amines) is 1. The van der Waals surface area contributed by atoms with Gasteiger partial charge in [0, 0.05) is 0 Å². The molecule has 1 saturated heterocycles. The summed E-state index contributed by atoms with van der Waals surface area (Å²) in [4.78, 5) is 12.6. The fourth-order valence-corrected chi connectivity index (χ4v) is 1.78. The van der Waals surface area contributed by atoms with Crippen molar-refractivity contribution in [2.24, 2.45) is 0 Å². The van der Waals surface area contributed by atoms with Gasteiger partial charge in [-0.25, -0.2) is 4.79 Å². The molecule has 1 rings (SSSR count). The van der Waals surface area contributed by atoms with Crippen LogP contribution in [-0.2, 0) is 9.53 Å². The second kappa shape index (κ2) is 6.19. The van der Waals surface area contributed by atoms with Gasteiger partial charge in [-0.1, -0.05) is 6.58 Å². The average molecular weight is 263 g/mol. The van der Waals surface area contributed by atoms with Crippen molar-refractivity contribution in [1.82, 2.24) is 0 Å². The fourth-order valence-electron chi connectivity index (χ4n) is 1.67. The largest absolute Gasteiger partial charge is 0.456 e. The van der Waals surface area contributed by atoms with Gasteiger partial charge in [0.25, 0.3) is 0 Å². The van der Waals surface area contributed by atoms with Gasteiger partial charge in [0.1, 0.15) is 13.2 Å². The van der Waals surface area contributed by atoms with Crippen LogP contribution in [0.2, 0.25) is 0 Å². The third-order valence-corrected chi connectivity index (χ3v) is 2.79. The number of piperidine rings is 1. The van der Waals surface area contributed by atoms with Crippen molar-refractivity contribution in [1.29, 1.82) is 0 Å². The van der Waals surface area contributed by atoms with Crippen molar-refractivity contribution < 1.29 is 14.4 Å². The number of quaternary nitrogens is 1. The summed E-state index contributed by atoms with van der Waals surface area (Å²) >= 11 is 2.99. The summed E-state index contributed by atoms with van der Waals surface area (Å²) in [5.41, 5.74) is 0. The zero-order chi connectivity index (χ0) is 10.4. The number of carbonyl (C=O) groups excluding carboxylic acids is 1. The lowest BCUT2D eigenvalue weighted by atomic mass is 10.1. The molecule has 4 heteroatoms. The predicted octanol–water partition coefficient (Wildman–Crippen LogP) is 0.507. The highest BCUT2D eigenvalue weighted by molar-refractivity contribution is 9.12. The highest BCUT2D eigenvalue weighted by atomic mass is 79.9. The Balaban J connectivity index is 2.08. The van der Waals surface area contributed by atoms with Gasteiger partial charge in [-0.15, -0.1) is 0 Å². The zero-order valence-electron chi connectivity index (χ0n) is 8.35. The first kappa shape index (κ1) is 11.7. The lowest BCUT2D eigenvalue weighted by Crippen LogP contribution is -3.13. The minimum atomic E-state index is -0.346. The van der Waals surface area contributed by atoms with Crippen LogP contribution in [0.3, 0.4) is 0 Å². The summed E-state index contributed by atoms with van der Waals surface area (Å²) < 4.78 is 5.30. The number of hydrogen-bond donors (Lipinski definition) is 1. The van der Waals surface area contributed by atoms with Gasteiger partial charge in [-0.2, -0.15) is 0 Å². The second-order valence-corrected chi connectivity index (χ2v) is 4.56. The Kier molecular flexibility index (Phi) is 5.19. The SMILES string of the molecule is C=C(Br)C(=O)OCC[NH+]1CCCCC1. The van der Waals surface area contributed by atoms with Gasteiger partial charge < -0.3 is 9.64 Å². The van der Waals surface area contributed by atoms with E-state index in [0.717, 1.165) is 6.54 Å². The van der Waals surface area contributed by atoms with Crippen LogP contribution in [0, 0.1) is 0 Å². The molecule has 0 bridgehead atoms. The molecule has 0 aliphatic carbocycles. The molecule has 1 N–H and O–H groups in total. The first-order chi connectivity index (χ1) is 6.70. The lowest BCUT2D eigenvalue weighted by molar-refractivity contribution is -0.905. The van der Waals surface area contributed by atoms with Crippen molar-refractivity contribution in [2.45, 2.75) is 19.3 Å². The number of hydrogen-bond acceptors (Lipinski definition) is 2. The maximum Gasteiger partial charge on any atom is 0.344 e. The minimum absolute atomic E-state index is 0.297. The van der Waals surface area contributed by atoms with E-state index in [9.17, 15) is 4.79 Å². The summed E-state index contributed by atoms with van der Waals surface area (Å²) in [5.74, 6) is -0.346. The number of carbonyl (C=O) groups is 1. The molecule has 0 saturated carbocycles. The van der Waals surface area contributed by atoms with Gasteiger partial charge in [-0.05, 0) is 35.2 Å². The van der Waals surface area contributed by atoms with E-state index in [1.54, 1.807) is 4.90 Å². The highest BCUT2D eigenvalue weighted by Gasteiger charge is 2.13. The molecular formula is C10H17BrNO2+. The molecule has 0 atom stereocenters. The van der Waals surface area contributed by atoms with Gasteiger partial charge in [0.15, 0.2) is 0 Å². The number of nitrogens with one attached hydrogen (secondary N) is 1. The van der Waals surface area contributed by atoms with Crippen LogP contribution in [-0.4, -0.2) is 32.2 Å². The van der Waals surface area contributed by atoms with Gasteiger partial charge in [0.05, 0.1) is 17.6 Å². The Morgan fingerprint density at radius 2 is 2.00 bits per heavy atom. The molecule has 0 aromatic carbocycles. The van der Waals surface area contributed by atoms with Crippen molar-refractivity contribution in [3.63, 3.8) is 0 Å². The van der Waals surface area contributed by atoms with E-state index in [1.807, 2.05) is 0 Å². The predicted molar refractivity (Wildman–Crippen MR) is 58.4 cm³/mol. The summed E-state index contributed by atoms with van der Waals surface area (Å²) in [6.45, 7) is 7.31. The van der Waals surface area contributed by atoms with E-state index in [4.69, 9.17) is 4.74 Å². The first-order valence-electron chi connectivity index (χ1n) is 5.05. The van der Waals surface area contributed by atoms with Crippen molar-refractivity contribution in [2.75, 3.05) is 26.2 Å². The number of rotatable bonds is 4. The molecule has 14 heavy (non-hydrogen) atoms. The third kappa shape index (κ3) is 4.24. The molecule has 3 nitrogen and oxygen atoms in total. The Morgan fingerprint density at radius 3 is 2.57 bits per heavy atom. The van der Waals surface area contributed by atoms with Crippen LogP contribution >= 0.6 is 15.9 Å². The van der Waals surface area contributed by atoms with Gasteiger partial charge >= 0.3 is 5.97 Å². The average Bonchev–Trinajstić information content (AvgIpc) is 2.19. The van der Waals surface area contributed by atoms with Gasteiger partial charge in [0.2, 0.25) is 0 Å². The molecule has 0 unspecified atom stereocenters. The van der Waals surface area contributed by atoms with E-state index < -0.39 is 0 Å². The lowest BCUT2D eigenvalue weighted by Gasteiger charge is -2.23.